The molecule has 2 N–H and O–H groups in total. The summed E-state index contributed by atoms with van der Waals surface area (Å²) < 4.78 is 28.9. The maximum Gasteiger partial charge on any atom is 0.241 e. The van der Waals surface area contributed by atoms with Crippen molar-refractivity contribution in [2.45, 2.75) is 81.3 Å². The van der Waals surface area contributed by atoms with Gasteiger partial charge in [0, 0.05) is 17.1 Å². The zero-order valence-corrected chi connectivity index (χ0v) is 15.3. The molecule has 0 radical (unpaired) electrons. The van der Waals surface area contributed by atoms with Gasteiger partial charge in [-0.15, -0.1) is 0 Å². The smallest absolute Gasteiger partial charge is 0.241 e. The van der Waals surface area contributed by atoms with Crippen LogP contribution in [0, 0.1) is 0 Å². The van der Waals surface area contributed by atoms with E-state index in [1.807, 2.05) is 18.2 Å². The van der Waals surface area contributed by atoms with Crippen LogP contribution in [0.1, 0.15) is 64.9 Å². The average molecular weight is 337 g/mol. The van der Waals surface area contributed by atoms with E-state index in [0.29, 0.717) is 10.8 Å². The van der Waals surface area contributed by atoms with Crippen LogP contribution in [0.2, 0.25) is 0 Å². The summed E-state index contributed by atoms with van der Waals surface area (Å²) in [5, 5.41) is 3.59. The largest absolute Gasteiger partial charge is 0.307 e. The summed E-state index contributed by atoms with van der Waals surface area (Å²) in [4.78, 5) is 0.469. The first kappa shape index (κ1) is 16.9. The van der Waals surface area contributed by atoms with Crippen LogP contribution >= 0.6 is 0 Å². The van der Waals surface area contributed by atoms with Gasteiger partial charge in [0.2, 0.25) is 10.0 Å². The SMILES string of the molecule is CC1(C)CC(NS(=O)(=O)c2ccccc2C2CC2)CC(C)(C)N1. The molecule has 0 atom stereocenters. The maximum atomic E-state index is 12.9. The van der Waals surface area contributed by atoms with Crippen molar-refractivity contribution in [1.82, 2.24) is 10.0 Å². The topological polar surface area (TPSA) is 58.2 Å². The molecule has 1 aliphatic heterocycles. The van der Waals surface area contributed by atoms with Gasteiger partial charge < -0.3 is 5.32 Å². The Morgan fingerprint density at radius 1 is 1.04 bits per heavy atom. The van der Waals surface area contributed by atoms with Crippen molar-refractivity contribution in [1.29, 1.82) is 0 Å². The molecule has 1 saturated carbocycles. The van der Waals surface area contributed by atoms with E-state index in [1.165, 1.54) is 0 Å². The number of hydrogen-bond acceptors (Lipinski definition) is 3. The van der Waals surface area contributed by atoms with E-state index in [1.54, 1.807) is 6.07 Å². The molecule has 1 saturated heterocycles. The fourth-order valence-corrected chi connectivity index (χ4v) is 5.68. The molecule has 1 aliphatic carbocycles. The van der Waals surface area contributed by atoms with Gasteiger partial charge in [0.1, 0.15) is 0 Å². The molecule has 2 fully saturated rings. The summed E-state index contributed by atoms with van der Waals surface area (Å²) >= 11 is 0. The number of rotatable bonds is 4. The van der Waals surface area contributed by atoms with Crippen molar-refractivity contribution in [2.24, 2.45) is 0 Å². The van der Waals surface area contributed by atoms with E-state index in [0.717, 1.165) is 31.2 Å². The monoisotopic (exact) mass is 336 g/mol. The first-order valence-corrected chi connectivity index (χ1v) is 9.97. The molecule has 5 heteroatoms. The van der Waals surface area contributed by atoms with Gasteiger partial charge in [0.15, 0.2) is 0 Å². The Hall–Kier alpha value is -0.910. The lowest BCUT2D eigenvalue weighted by Crippen LogP contribution is -2.62. The van der Waals surface area contributed by atoms with Crippen LogP contribution in [0.5, 0.6) is 0 Å². The Morgan fingerprint density at radius 2 is 1.61 bits per heavy atom. The Bertz CT molecular complexity index is 675. The van der Waals surface area contributed by atoms with Crippen LogP contribution in [0.4, 0.5) is 0 Å². The van der Waals surface area contributed by atoms with Gasteiger partial charge in [-0.25, -0.2) is 13.1 Å². The van der Waals surface area contributed by atoms with E-state index in [2.05, 4.69) is 37.7 Å². The average Bonchev–Trinajstić information content (AvgIpc) is 3.18. The zero-order valence-electron chi connectivity index (χ0n) is 14.5. The van der Waals surface area contributed by atoms with Gasteiger partial charge in [-0.3, -0.25) is 0 Å². The molecular formula is C18H28N2O2S. The molecule has 0 aromatic heterocycles. The van der Waals surface area contributed by atoms with Gasteiger partial charge in [-0.2, -0.15) is 0 Å². The molecule has 1 aromatic carbocycles. The van der Waals surface area contributed by atoms with Crippen LogP contribution in [0.15, 0.2) is 29.2 Å². The summed E-state index contributed by atoms with van der Waals surface area (Å²) in [7, 11) is -3.47. The molecule has 1 aromatic rings. The van der Waals surface area contributed by atoms with E-state index in [9.17, 15) is 8.42 Å². The molecule has 2 aliphatic rings. The Balaban J connectivity index is 1.84. The van der Waals surface area contributed by atoms with E-state index < -0.39 is 10.0 Å². The van der Waals surface area contributed by atoms with Crippen molar-refractivity contribution >= 4 is 10.0 Å². The van der Waals surface area contributed by atoms with Crippen LogP contribution in [-0.4, -0.2) is 25.5 Å². The summed E-state index contributed by atoms with van der Waals surface area (Å²) in [5.41, 5.74) is 0.822. The summed E-state index contributed by atoms with van der Waals surface area (Å²) in [6.07, 6.45) is 3.78. The van der Waals surface area contributed by atoms with Gasteiger partial charge in [-0.05, 0) is 70.9 Å². The van der Waals surface area contributed by atoms with E-state index >= 15 is 0 Å². The van der Waals surface area contributed by atoms with Crippen molar-refractivity contribution < 1.29 is 8.42 Å². The predicted molar refractivity (Wildman–Crippen MR) is 93.1 cm³/mol. The van der Waals surface area contributed by atoms with E-state index in [-0.39, 0.29) is 17.1 Å². The summed E-state index contributed by atoms with van der Waals surface area (Å²) in [6, 6.07) is 7.41. The minimum atomic E-state index is -3.47. The highest BCUT2D eigenvalue weighted by atomic mass is 32.2. The molecule has 128 valence electrons. The number of hydrogen-bond donors (Lipinski definition) is 2. The lowest BCUT2D eigenvalue weighted by Gasteiger charge is -2.46. The van der Waals surface area contributed by atoms with E-state index in [4.69, 9.17) is 0 Å². The normalized spacial score (nSPS) is 24.5. The second kappa shape index (κ2) is 5.57. The fourth-order valence-electron chi connectivity index (χ4n) is 4.15. The molecule has 0 spiro atoms. The standard InChI is InChI=1S/C18H28N2O2S/c1-17(2)11-14(12-18(3,4)20-17)19-23(21,22)16-8-6-5-7-15(16)13-9-10-13/h5-8,13-14,19-20H,9-12H2,1-4H3. The molecule has 0 amide bonds. The van der Waals surface area contributed by atoms with Gasteiger partial charge in [0.25, 0.3) is 0 Å². The third-order valence-corrected chi connectivity index (χ3v) is 6.33. The third kappa shape index (κ3) is 3.95. The Kier molecular flexibility index (Phi) is 4.10. The molecule has 4 nitrogen and oxygen atoms in total. The zero-order chi connectivity index (χ0) is 16.9. The van der Waals surface area contributed by atoms with Crippen LogP contribution < -0.4 is 10.0 Å². The predicted octanol–water partition coefficient (Wildman–Crippen LogP) is 3.15. The highest BCUT2D eigenvalue weighted by molar-refractivity contribution is 7.89. The Morgan fingerprint density at radius 3 is 2.17 bits per heavy atom. The molecule has 3 rings (SSSR count). The quantitative estimate of drug-likeness (QED) is 0.888. The molecule has 0 unspecified atom stereocenters. The highest BCUT2D eigenvalue weighted by Crippen LogP contribution is 2.42. The van der Waals surface area contributed by atoms with Crippen molar-refractivity contribution in [2.75, 3.05) is 0 Å². The molecular weight excluding hydrogens is 308 g/mol. The number of benzene rings is 1. The summed E-state index contributed by atoms with van der Waals surface area (Å²) in [6.45, 7) is 8.53. The van der Waals surface area contributed by atoms with Crippen LogP contribution in [0.3, 0.4) is 0 Å². The Labute approximate surface area is 140 Å². The van der Waals surface area contributed by atoms with Crippen LogP contribution in [0.25, 0.3) is 0 Å². The highest BCUT2D eigenvalue weighted by Gasteiger charge is 2.40. The first-order valence-electron chi connectivity index (χ1n) is 8.49. The van der Waals surface area contributed by atoms with Gasteiger partial charge in [-0.1, -0.05) is 18.2 Å². The minimum absolute atomic E-state index is 0.0430. The fraction of sp³-hybridized carbons (Fsp3) is 0.667. The van der Waals surface area contributed by atoms with Crippen LogP contribution in [-0.2, 0) is 10.0 Å². The van der Waals surface area contributed by atoms with Crippen molar-refractivity contribution in [3.63, 3.8) is 0 Å². The van der Waals surface area contributed by atoms with Gasteiger partial charge in [0.05, 0.1) is 4.90 Å². The van der Waals surface area contributed by atoms with Crippen molar-refractivity contribution in [3.05, 3.63) is 29.8 Å². The number of piperidine rings is 1. The second-order valence-corrected chi connectivity index (χ2v) is 10.1. The lowest BCUT2D eigenvalue weighted by molar-refractivity contribution is 0.157. The second-order valence-electron chi connectivity index (χ2n) is 8.43. The lowest BCUT2D eigenvalue weighted by atomic mass is 9.80. The molecule has 1 heterocycles. The molecule has 23 heavy (non-hydrogen) atoms. The summed E-state index contributed by atoms with van der Waals surface area (Å²) in [5.74, 6) is 0.420. The molecule has 0 bridgehead atoms. The minimum Gasteiger partial charge on any atom is -0.307 e. The number of nitrogens with one attached hydrogen (secondary N) is 2. The third-order valence-electron chi connectivity index (χ3n) is 4.74. The first-order chi connectivity index (χ1) is 10.6. The van der Waals surface area contributed by atoms with Crippen molar-refractivity contribution in [3.8, 4) is 0 Å². The number of sulfonamides is 1. The maximum absolute atomic E-state index is 12.9. The van der Waals surface area contributed by atoms with Gasteiger partial charge >= 0.3 is 0 Å².